The Morgan fingerprint density at radius 1 is 1.09 bits per heavy atom. The normalized spacial score (nSPS) is 10.8. The summed E-state index contributed by atoms with van der Waals surface area (Å²) in [6.45, 7) is 8.00. The van der Waals surface area contributed by atoms with Crippen LogP contribution in [0.25, 0.3) is 11.3 Å². The van der Waals surface area contributed by atoms with Gasteiger partial charge < -0.3 is 4.57 Å². The van der Waals surface area contributed by atoms with Gasteiger partial charge in [-0.25, -0.2) is 4.98 Å². The molecule has 0 atom stereocenters. The first kappa shape index (κ1) is 17.3. The minimum atomic E-state index is 0. The van der Waals surface area contributed by atoms with Crippen LogP contribution in [0.4, 0.5) is 0 Å². The number of aromatic nitrogens is 6. The van der Waals surface area contributed by atoms with Gasteiger partial charge >= 0.3 is 0 Å². The largest absolute Gasteiger partial charge is 0.330 e. The van der Waals surface area contributed by atoms with Crippen molar-refractivity contribution in [2.45, 2.75) is 40.3 Å². The van der Waals surface area contributed by atoms with Gasteiger partial charge in [0, 0.05) is 37.6 Å². The Balaban J connectivity index is 0.00000192. The summed E-state index contributed by atoms with van der Waals surface area (Å²) >= 11 is 0. The molecule has 0 radical (unpaired) electrons. The van der Waals surface area contributed by atoms with Crippen LogP contribution in [0.15, 0.2) is 24.8 Å². The molecule has 0 amide bonds. The lowest BCUT2D eigenvalue weighted by molar-refractivity contribution is 0.518. The molecule has 0 aliphatic rings. The molecule has 0 aromatic carbocycles. The van der Waals surface area contributed by atoms with Crippen LogP contribution in [0.2, 0.25) is 0 Å². The van der Waals surface area contributed by atoms with Gasteiger partial charge in [-0.05, 0) is 33.3 Å². The van der Waals surface area contributed by atoms with E-state index in [1.807, 2.05) is 44.3 Å². The van der Waals surface area contributed by atoms with E-state index < -0.39 is 0 Å². The van der Waals surface area contributed by atoms with Crippen molar-refractivity contribution in [1.29, 1.82) is 0 Å². The number of aryl methyl sites for hydroxylation is 6. The molecule has 3 aromatic heterocycles. The van der Waals surface area contributed by atoms with Crippen molar-refractivity contribution in [3.05, 3.63) is 41.9 Å². The minimum absolute atomic E-state index is 0. The maximum atomic E-state index is 4.51. The van der Waals surface area contributed by atoms with Crippen molar-refractivity contribution in [1.82, 2.24) is 29.1 Å². The number of halogens is 1. The number of rotatable bonds is 5. The van der Waals surface area contributed by atoms with E-state index in [0.717, 1.165) is 42.2 Å². The molecule has 0 spiro atoms. The Labute approximate surface area is 142 Å². The van der Waals surface area contributed by atoms with E-state index in [1.165, 1.54) is 5.69 Å². The predicted octanol–water partition coefficient (Wildman–Crippen LogP) is 2.92. The summed E-state index contributed by atoms with van der Waals surface area (Å²) in [6, 6.07) is 2.11. The molecule has 3 heterocycles. The van der Waals surface area contributed by atoms with E-state index >= 15 is 0 Å². The molecule has 0 saturated carbocycles. The highest BCUT2D eigenvalue weighted by atomic mass is 35.5. The standard InChI is InChI=1S/C16H22N6.ClH/c1-12-8-13(2)22(18-12)7-5-6-21-11-17-9-16(21)15-10-20(4)19-14(15)3;/h8-11H,5-7H2,1-4H3;1H. The van der Waals surface area contributed by atoms with Crippen LogP contribution in [0.1, 0.15) is 23.5 Å². The van der Waals surface area contributed by atoms with Crippen LogP contribution in [-0.4, -0.2) is 29.1 Å². The van der Waals surface area contributed by atoms with Crippen molar-refractivity contribution >= 4 is 12.4 Å². The molecule has 0 N–H and O–H groups in total. The van der Waals surface area contributed by atoms with Gasteiger partial charge in [-0.15, -0.1) is 12.4 Å². The molecule has 3 aromatic rings. The second-order valence-electron chi connectivity index (χ2n) is 5.78. The first-order valence-electron chi connectivity index (χ1n) is 7.56. The fraction of sp³-hybridized carbons (Fsp3) is 0.438. The van der Waals surface area contributed by atoms with Gasteiger partial charge in [0.2, 0.25) is 0 Å². The second kappa shape index (κ2) is 7.00. The maximum absolute atomic E-state index is 4.51. The van der Waals surface area contributed by atoms with E-state index in [4.69, 9.17) is 0 Å². The lowest BCUT2D eigenvalue weighted by Gasteiger charge is -2.08. The van der Waals surface area contributed by atoms with Crippen LogP contribution in [0, 0.1) is 20.8 Å². The number of imidazole rings is 1. The number of nitrogens with zero attached hydrogens (tertiary/aromatic N) is 6. The van der Waals surface area contributed by atoms with Crippen molar-refractivity contribution in [3.63, 3.8) is 0 Å². The maximum Gasteiger partial charge on any atom is 0.0950 e. The van der Waals surface area contributed by atoms with Crippen molar-refractivity contribution in [2.24, 2.45) is 7.05 Å². The van der Waals surface area contributed by atoms with E-state index in [0.29, 0.717) is 0 Å². The molecule has 0 aliphatic heterocycles. The summed E-state index contributed by atoms with van der Waals surface area (Å²) in [5.74, 6) is 0. The zero-order valence-electron chi connectivity index (χ0n) is 14.0. The van der Waals surface area contributed by atoms with Crippen molar-refractivity contribution < 1.29 is 0 Å². The highest BCUT2D eigenvalue weighted by molar-refractivity contribution is 5.85. The summed E-state index contributed by atoms with van der Waals surface area (Å²) in [5, 5.41) is 8.92. The molecule has 124 valence electrons. The van der Waals surface area contributed by atoms with E-state index in [-0.39, 0.29) is 12.4 Å². The Hall–Kier alpha value is -2.08. The van der Waals surface area contributed by atoms with Gasteiger partial charge in [-0.1, -0.05) is 0 Å². The molecule has 0 bridgehead atoms. The highest BCUT2D eigenvalue weighted by Gasteiger charge is 2.11. The molecule has 0 fully saturated rings. The molecule has 0 aliphatic carbocycles. The lowest BCUT2D eigenvalue weighted by Crippen LogP contribution is -2.07. The summed E-state index contributed by atoms with van der Waals surface area (Å²) in [7, 11) is 1.94. The minimum Gasteiger partial charge on any atom is -0.330 e. The Bertz CT molecular complexity index is 782. The van der Waals surface area contributed by atoms with Gasteiger partial charge in [-0.2, -0.15) is 10.2 Å². The Kier molecular flexibility index (Phi) is 5.26. The zero-order valence-corrected chi connectivity index (χ0v) is 14.8. The highest BCUT2D eigenvalue weighted by Crippen LogP contribution is 2.22. The molecule has 23 heavy (non-hydrogen) atoms. The number of hydrogen-bond acceptors (Lipinski definition) is 3. The third-order valence-electron chi connectivity index (χ3n) is 3.87. The van der Waals surface area contributed by atoms with Crippen LogP contribution in [0.3, 0.4) is 0 Å². The first-order valence-corrected chi connectivity index (χ1v) is 7.56. The van der Waals surface area contributed by atoms with Crippen LogP contribution < -0.4 is 0 Å². The van der Waals surface area contributed by atoms with E-state index in [1.54, 1.807) is 0 Å². The van der Waals surface area contributed by atoms with Gasteiger partial charge in [-0.3, -0.25) is 9.36 Å². The summed E-state index contributed by atoms with van der Waals surface area (Å²) in [4.78, 5) is 4.30. The van der Waals surface area contributed by atoms with Gasteiger partial charge in [0.1, 0.15) is 0 Å². The molecular weight excluding hydrogens is 312 g/mol. The Morgan fingerprint density at radius 2 is 1.87 bits per heavy atom. The van der Waals surface area contributed by atoms with Crippen molar-refractivity contribution in [3.8, 4) is 11.3 Å². The molecular formula is C16H23ClN6. The second-order valence-corrected chi connectivity index (χ2v) is 5.78. The van der Waals surface area contributed by atoms with Crippen LogP contribution in [0.5, 0.6) is 0 Å². The molecule has 7 heteroatoms. The topological polar surface area (TPSA) is 53.5 Å². The summed E-state index contributed by atoms with van der Waals surface area (Å²) in [5.41, 5.74) is 5.59. The molecule has 6 nitrogen and oxygen atoms in total. The molecule has 0 unspecified atom stereocenters. The van der Waals surface area contributed by atoms with Crippen LogP contribution >= 0.6 is 12.4 Å². The SMILES string of the molecule is Cc1cc(C)n(CCCn2cncc2-c2cn(C)nc2C)n1.Cl. The summed E-state index contributed by atoms with van der Waals surface area (Å²) in [6.07, 6.45) is 6.87. The average Bonchev–Trinajstić information content (AvgIpc) is 3.11. The number of hydrogen-bond donors (Lipinski definition) is 0. The quantitative estimate of drug-likeness (QED) is 0.721. The zero-order chi connectivity index (χ0) is 15.7. The third kappa shape index (κ3) is 3.64. The smallest absolute Gasteiger partial charge is 0.0950 e. The third-order valence-corrected chi connectivity index (χ3v) is 3.87. The molecule has 3 rings (SSSR count). The van der Waals surface area contributed by atoms with E-state index in [9.17, 15) is 0 Å². The van der Waals surface area contributed by atoms with Gasteiger partial charge in [0.15, 0.2) is 0 Å². The fourth-order valence-electron chi connectivity index (χ4n) is 2.87. The Morgan fingerprint density at radius 3 is 2.48 bits per heavy atom. The first-order chi connectivity index (χ1) is 10.5. The fourth-order valence-corrected chi connectivity index (χ4v) is 2.87. The molecule has 0 saturated heterocycles. The average molecular weight is 335 g/mol. The summed E-state index contributed by atoms with van der Waals surface area (Å²) < 4.78 is 6.11. The van der Waals surface area contributed by atoms with Crippen molar-refractivity contribution in [2.75, 3.05) is 0 Å². The lowest BCUT2D eigenvalue weighted by atomic mass is 10.2. The van der Waals surface area contributed by atoms with Crippen LogP contribution in [-0.2, 0) is 20.1 Å². The van der Waals surface area contributed by atoms with Gasteiger partial charge in [0.25, 0.3) is 0 Å². The van der Waals surface area contributed by atoms with Gasteiger partial charge in [0.05, 0.1) is 29.6 Å². The monoisotopic (exact) mass is 334 g/mol. The van der Waals surface area contributed by atoms with E-state index in [2.05, 4.69) is 37.4 Å². The predicted molar refractivity (Wildman–Crippen MR) is 92.7 cm³/mol.